The van der Waals surface area contributed by atoms with Crippen LogP contribution in [0.4, 0.5) is 4.39 Å². The van der Waals surface area contributed by atoms with Crippen LogP contribution in [0.1, 0.15) is 16.5 Å². The molecule has 0 bridgehead atoms. The van der Waals surface area contributed by atoms with Crippen molar-refractivity contribution < 1.29 is 9.18 Å². The average Bonchev–Trinajstić information content (AvgIpc) is 2.95. The van der Waals surface area contributed by atoms with Crippen LogP contribution in [0.2, 0.25) is 0 Å². The van der Waals surface area contributed by atoms with Crippen molar-refractivity contribution in [1.29, 1.82) is 0 Å². The zero-order chi connectivity index (χ0) is 15.2. The molecular formula is C16H19FN2OS. The second-order valence-electron chi connectivity index (χ2n) is 5.07. The number of benzene rings is 1. The van der Waals surface area contributed by atoms with E-state index in [9.17, 15) is 9.18 Å². The molecule has 0 saturated heterocycles. The molecular weight excluding hydrogens is 287 g/mol. The van der Waals surface area contributed by atoms with Crippen molar-refractivity contribution in [2.24, 2.45) is 0 Å². The summed E-state index contributed by atoms with van der Waals surface area (Å²) in [5.41, 5.74) is 0.424. The standard InChI is InChI=1S/C16H19FN2OS/c1-19(2)14(15-8-5-9-21-15)11-18-16(20)10-12-6-3-4-7-13(12)17/h3-9,14H,10-11H2,1-2H3,(H,18,20). The molecule has 5 heteroatoms. The molecule has 3 nitrogen and oxygen atoms in total. The van der Waals surface area contributed by atoms with Crippen LogP contribution in [0.25, 0.3) is 0 Å². The molecule has 1 aromatic heterocycles. The molecule has 0 aliphatic heterocycles. The van der Waals surface area contributed by atoms with Crippen molar-refractivity contribution in [2.75, 3.05) is 20.6 Å². The summed E-state index contributed by atoms with van der Waals surface area (Å²) in [6.07, 6.45) is 0.0667. The first-order valence-corrected chi connectivity index (χ1v) is 7.66. The van der Waals surface area contributed by atoms with Crippen LogP contribution in [-0.2, 0) is 11.2 Å². The highest BCUT2D eigenvalue weighted by molar-refractivity contribution is 7.10. The molecule has 1 aromatic carbocycles. The summed E-state index contributed by atoms with van der Waals surface area (Å²) in [4.78, 5) is 15.2. The van der Waals surface area contributed by atoms with Gasteiger partial charge in [0, 0.05) is 11.4 Å². The van der Waals surface area contributed by atoms with E-state index in [1.165, 1.54) is 10.9 Å². The summed E-state index contributed by atoms with van der Waals surface area (Å²) in [5, 5.41) is 4.91. The molecule has 0 fully saturated rings. The third-order valence-corrected chi connectivity index (χ3v) is 4.27. The molecule has 0 radical (unpaired) electrons. The Bertz CT molecular complexity index is 584. The highest BCUT2D eigenvalue weighted by Gasteiger charge is 2.16. The minimum Gasteiger partial charge on any atom is -0.354 e. The van der Waals surface area contributed by atoms with E-state index in [0.29, 0.717) is 12.1 Å². The predicted octanol–water partition coefficient (Wildman–Crippen LogP) is 2.85. The van der Waals surface area contributed by atoms with Crippen LogP contribution in [0.5, 0.6) is 0 Å². The lowest BCUT2D eigenvalue weighted by atomic mass is 10.1. The van der Waals surface area contributed by atoms with Gasteiger partial charge in [-0.05, 0) is 37.2 Å². The Morgan fingerprint density at radius 2 is 2.05 bits per heavy atom. The average molecular weight is 306 g/mol. The van der Waals surface area contributed by atoms with Crippen LogP contribution in [0.3, 0.4) is 0 Å². The fraction of sp³-hybridized carbons (Fsp3) is 0.312. The monoisotopic (exact) mass is 306 g/mol. The van der Waals surface area contributed by atoms with Gasteiger partial charge in [0.15, 0.2) is 0 Å². The van der Waals surface area contributed by atoms with E-state index in [-0.39, 0.29) is 24.2 Å². The zero-order valence-electron chi connectivity index (χ0n) is 12.2. The Kier molecular flexibility index (Phi) is 5.47. The Hall–Kier alpha value is -1.72. The van der Waals surface area contributed by atoms with Crippen molar-refractivity contribution in [1.82, 2.24) is 10.2 Å². The number of carbonyl (C=O) groups excluding carboxylic acids is 1. The van der Waals surface area contributed by atoms with E-state index in [1.54, 1.807) is 29.5 Å². The summed E-state index contributed by atoms with van der Waals surface area (Å²) in [7, 11) is 3.96. The van der Waals surface area contributed by atoms with Gasteiger partial charge in [0.05, 0.1) is 12.5 Å². The number of nitrogens with one attached hydrogen (secondary N) is 1. The van der Waals surface area contributed by atoms with Crippen LogP contribution >= 0.6 is 11.3 Å². The van der Waals surface area contributed by atoms with Crippen LogP contribution in [0.15, 0.2) is 41.8 Å². The first-order chi connectivity index (χ1) is 10.1. The second-order valence-corrected chi connectivity index (χ2v) is 6.05. The molecule has 1 unspecified atom stereocenters. The van der Waals surface area contributed by atoms with Gasteiger partial charge >= 0.3 is 0 Å². The molecule has 2 rings (SSSR count). The molecule has 1 amide bonds. The SMILES string of the molecule is CN(C)C(CNC(=O)Cc1ccccc1F)c1cccs1. The third-order valence-electron chi connectivity index (χ3n) is 3.30. The van der Waals surface area contributed by atoms with Crippen molar-refractivity contribution in [2.45, 2.75) is 12.5 Å². The Morgan fingerprint density at radius 1 is 1.29 bits per heavy atom. The number of halogens is 1. The topological polar surface area (TPSA) is 32.3 Å². The number of amides is 1. The van der Waals surface area contributed by atoms with Gasteiger partial charge in [-0.2, -0.15) is 0 Å². The number of carbonyl (C=O) groups is 1. The maximum Gasteiger partial charge on any atom is 0.224 e. The molecule has 1 N–H and O–H groups in total. The molecule has 0 spiro atoms. The predicted molar refractivity (Wildman–Crippen MR) is 83.9 cm³/mol. The van der Waals surface area contributed by atoms with Gasteiger partial charge in [0.25, 0.3) is 0 Å². The van der Waals surface area contributed by atoms with Crippen molar-refractivity contribution >= 4 is 17.2 Å². The molecule has 1 atom stereocenters. The fourth-order valence-corrected chi connectivity index (χ4v) is 3.03. The van der Waals surface area contributed by atoms with Gasteiger partial charge in [-0.25, -0.2) is 4.39 Å². The molecule has 1 heterocycles. The van der Waals surface area contributed by atoms with E-state index in [4.69, 9.17) is 0 Å². The molecule has 112 valence electrons. The minimum atomic E-state index is -0.338. The number of thiophene rings is 1. The van der Waals surface area contributed by atoms with Crippen molar-refractivity contribution in [3.8, 4) is 0 Å². The third kappa shape index (κ3) is 4.37. The van der Waals surface area contributed by atoms with Gasteiger partial charge in [-0.1, -0.05) is 24.3 Å². The molecule has 21 heavy (non-hydrogen) atoms. The van der Waals surface area contributed by atoms with E-state index >= 15 is 0 Å². The lowest BCUT2D eigenvalue weighted by Gasteiger charge is -2.23. The second kappa shape index (κ2) is 7.33. The summed E-state index contributed by atoms with van der Waals surface area (Å²) < 4.78 is 13.5. The van der Waals surface area contributed by atoms with Crippen LogP contribution in [-0.4, -0.2) is 31.4 Å². The molecule has 0 saturated carbocycles. The van der Waals surface area contributed by atoms with Gasteiger partial charge in [-0.3, -0.25) is 4.79 Å². The lowest BCUT2D eigenvalue weighted by Crippen LogP contribution is -2.35. The summed E-state index contributed by atoms with van der Waals surface area (Å²) in [5.74, 6) is -0.501. The van der Waals surface area contributed by atoms with Gasteiger partial charge in [0.2, 0.25) is 5.91 Å². The number of likely N-dealkylation sites (N-methyl/N-ethyl adjacent to an activating group) is 1. The zero-order valence-corrected chi connectivity index (χ0v) is 13.0. The Labute approximate surface area is 128 Å². The summed E-state index contributed by atoms with van der Waals surface area (Å²) >= 11 is 1.66. The minimum absolute atomic E-state index is 0.0667. The first kappa shape index (κ1) is 15.7. The van der Waals surface area contributed by atoms with Gasteiger partial charge < -0.3 is 10.2 Å². The molecule has 0 aliphatic rings. The van der Waals surface area contributed by atoms with Crippen molar-refractivity contribution in [3.63, 3.8) is 0 Å². The van der Waals surface area contributed by atoms with E-state index in [1.807, 2.05) is 25.5 Å². The largest absolute Gasteiger partial charge is 0.354 e. The number of hydrogen-bond donors (Lipinski definition) is 1. The lowest BCUT2D eigenvalue weighted by molar-refractivity contribution is -0.120. The Morgan fingerprint density at radius 3 is 2.67 bits per heavy atom. The quantitative estimate of drug-likeness (QED) is 0.890. The number of hydrogen-bond acceptors (Lipinski definition) is 3. The first-order valence-electron chi connectivity index (χ1n) is 6.78. The summed E-state index contributed by atoms with van der Waals surface area (Å²) in [6, 6.07) is 10.6. The molecule has 0 aliphatic carbocycles. The summed E-state index contributed by atoms with van der Waals surface area (Å²) in [6.45, 7) is 0.515. The van der Waals surface area contributed by atoms with Crippen molar-refractivity contribution in [3.05, 3.63) is 58.0 Å². The number of nitrogens with zero attached hydrogens (tertiary/aromatic N) is 1. The highest BCUT2D eigenvalue weighted by Crippen LogP contribution is 2.22. The molecule has 2 aromatic rings. The number of rotatable bonds is 6. The normalized spacial score (nSPS) is 12.4. The van der Waals surface area contributed by atoms with Crippen LogP contribution in [0, 0.1) is 5.82 Å². The fourth-order valence-electron chi connectivity index (χ4n) is 2.11. The Balaban J connectivity index is 1.92. The van der Waals surface area contributed by atoms with E-state index < -0.39 is 0 Å². The van der Waals surface area contributed by atoms with E-state index in [2.05, 4.69) is 16.3 Å². The maximum atomic E-state index is 13.5. The van der Waals surface area contributed by atoms with Gasteiger partial charge in [-0.15, -0.1) is 11.3 Å². The maximum absolute atomic E-state index is 13.5. The van der Waals surface area contributed by atoms with Crippen LogP contribution < -0.4 is 5.32 Å². The van der Waals surface area contributed by atoms with E-state index in [0.717, 1.165) is 0 Å². The smallest absolute Gasteiger partial charge is 0.224 e. The van der Waals surface area contributed by atoms with Gasteiger partial charge in [0.1, 0.15) is 5.82 Å². The highest BCUT2D eigenvalue weighted by atomic mass is 32.1.